The highest BCUT2D eigenvalue weighted by atomic mass is 16.5. The van der Waals surface area contributed by atoms with Crippen molar-refractivity contribution in [2.45, 2.75) is 40.2 Å². The maximum absolute atomic E-state index is 12.4. The molecule has 0 radical (unpaired) electrons. The molecule has 0 spiro atoms. The van der Waals surface area contributed by atoms with Crippen LogP contribution >= 0.6 is 0 Å². The van der Waals surface area contributed by atoms with E-state index < -0.39 is 5.97 Å². The minimum Gasteiger partial charge on any atom is -0.455 e. The fourth-order valence-corrected chi connectivity index (χ4v) is 2.68. The standard InChI is InChI=1S/C18H19N3O4/c1-10(2)17-16(12(4)20-25-17)18(23)24-9-13-8-15(22)21-11(3)6-5-7-14(21)19-13/h5-8,10H,9H2,1-4H3. The second kappa shape index (κ2) is 6.51. The van der Waals surface area contributed by atoms with Gasteiger partial charge in [0.15, 0.2) is 5.76 Å². The van der Waals surface area contributed by atoms with Gasteiger partial charge in [-0.05, 0) is 26.0 Å². The van der Waals surface area contributed by atoms with Crippen molar-refractivity contribution in [2.24, 2.45) is 0 Å². The van der Waals surface area contributed by atoms with Gasteiger partial charge in [0, 0.05) is 17.7 Å². The number of hydrogen-bond donors (Lipinski definition) is 0. The quantitative estimate of drug-likeness (QED) is 0.678. The van der Waals surface area contributed by atoms with Crippen LogP contribution in [0.5, 0.6) is 0 Å². The predicted molar refractivity (Wildman–Crippen MR) is 90.6 cm³/mol. The van der Waals surface area contributed by atoms with Gasteiger partial charge < -0.3 is 9.26 Å². The Bertz CT molecular complexity index is 1000. The molecule has 0 unspecified atom stereocenters. The van der Waals surface area contributed by atoms with Crippen molar-refractivity contribution in [3.8, 4) is 0 Å². The van der Waals surface area contributed by atoms with E-state index in [1.807, 2.05) is 32.9 Å². The van der Waals surface area contributed by atoms with Gasteiger partial charge in [-0.3, -0.25) is 9.20 Å². The van der Waals surface area contributed by atoms with Crippen LogP contribution < -0.4 is 5.56 Å². The zero-order chi connectivity index (χ0) is 18.1. The third kappa shape index (κ3) is 3.17. The van der Waals surface area contributed by atoms with Crippen LogP contribution in [0.4, 0.5) is 0 Å². The summed E-state index contributed by atoms with van der Waals surface area (Å²) in [7, 11) is 0. The Kier molecular flexibility index (Phi) is 4.39. The van der Waals surface area contributed by atoms with E-state index in [4.69, 9.17) is 9.26 Å². The summed E-state index contributed by atoms with van der Waals surface area (Å²) in [4.78, 5) is 29.0. The second-order valence-electron chi connectivity index (χ2n) is 6.18. The number of nitrogens with zero attached hydrogens (tertiary/aromatic N) is 3. The van der Waals surface area contributed by atoms with Gasteiger partial charge in [-0.2, -0.15) is 0 Å². The average molecular weight is 341 g/mol. The molecule has 25 heavy (non-hydrogen) atoms. The Balaban J connectivity index is 1.85. The molecule has 0 N–H and O–H groups in total. The van der Waals surface area contributed by atoms with Crippen LogP contribution in [0.1, 0.15) is 53.0 Å². The highest BCUT2D eigenvalue weighted by Gasteiger charge is 2.24. The van der Waals surface area contributed by atoms with Gasteiger partial charge in [0.2, 0.25) is 0 Å². The second-order valence-corrected chi connectivity index (χ2v) is 6.18. The number of pyridine rings is 1. The summed E-state index contributed by atoms with van der Waals surface area (Å²) in [5.74, 6) is -0.0338. The van der Waals surface area contributed by atoms with Gasteiger partial charge in [-0.15, -0.1) is 0 Å². The smallest absolute Gasteiger partial charge is 0.344 e. The summed E-state index contributed by atoms with van der Waals surface area (Å²) < 4.78 is 12.0. The molecule has 0 atom stereocenters. The molecule has 0 fully saturated rings. The SMILES string of the molecule is Cc1noc(C(C)C)c1C(=O)OCc1cc(=O)n2c(C)cccc2n1. The highest BCUT2D eigenvalue weighted by Crippen LogP contribution is 2.23. The third-order valence-electron chi connectivity index (χ3n) is 3.90. The first kappa shape index (κ1) is 16.9. The lowest BCUT2D eigenvalue weighted by atomic mass is 10.1. The van der Waals surface area contributed by atoms with E-state index in [1.165, 1.54) is 10.5 Å². The first-order chi connectivity index (χ1) is 11.9. The molecule has 3 aromatic heterocycles. The largest absolute Gasteiger partial charge is 0.455 e. The minimum atomic E-state index is -0.534. The number of aromatic nitrogens is 3. The third-order valence-corrected chi connectivity index (χ3v) is 3.90. The summed E-state index contributed by atoms with van der Waals surface area (Å²) in [6.07, 6.45) is 0. The molecule has 3 heterocycles. The Hall–Kier alpha value is -2.96. The van der Waals surface area contributed by atoms with Gasteiger partial charge in [0.25, 0.3) is 5.56 Å². The van der Waals surface area contributed by atoms with Crippen molar-refractivity contribution in [3.05, 3.63) is 63.0 Å². The zero-order valence-corrected chi connectivity index (χ0v) is 14.6. The number of esters is 1. The Morgan fingerprint density at radius 1 is 1.32 bits per heavy atom. The number of rotatable bonds is 4. The minimum absolute atomic E-state index is 0.00941. The molecule has 7 heteroatoms. The van der Waals surface area contributed by atoms with Gasteiger partial charge >= 0.3 is 5.97 Å². The van der Waals surface area contributed by atoms with E-state index in [2.05, 4.69) is 10.1 Å². The van der Waals surface area contributed by atoms with E-state index >= 15 is 0 Å². The number of carbonyl (C=O) groups is 1. The molecule has 0 aromatic carbocycles. The lowest BCUT2D eigenvalue weighted by Gasteiger charge is -2.08. The summed E-state index contributed by atoms with van der Waals surface area (Å²) in [5.41, 5.74) is 2.31. The monoisotopic (exact) mass is 341 g/mol. The fourth-order valence-electron chi connectivity index (χ4n) is 2.68. The van der Waals surface area contributed by atoms with Crippen molar-refractivity contribution < 1.29 is 14.1 Å². The molecule has 0 bridgehead atoms. The summed E-state index contributed by atoms with van der Waals surface area (Å²) >= 11 is 0. The highest BCUT2D eigenvalue weighted by molar-refractivity contribution is 5.91. The zero-order valence-electron chi connectivity index (χ0n) is 14.6. The first-order valence-corrected chi connectivity index (χ1v) is 8.00. The van der Waals surface area contributed by atoms with Crippen LogP contribution in [0.3, 0.4) is 0 Å². The lowest BCUT2D eigenvalue weighted by Crippen LogP contribution is -2.18. The van der Waals surface area contributed by atoms with Crippen molar-refractivity contribution in [1.82, 2.24) is 14.5 Å². The molecule has 0 amide bonds. The molecule has 7 nitrogen and oxygen atoms in total. The van der Waals surface area contributed by atoms with Crippen LogP contribution in [0.15, 0.2) is 33.6 Å². The maximum Gasteiger partial charge on any atom is 0.344 e. The normalized spacial score (nSPS) is 11.2. The molecule has 3 rings (SSSR count). The molecule has 130 valence electrons. The van der Waals surface area contributed by atoms with Crippen LogP contribution in [-0.4, -0.2) is 20.5 Å². The first-order valence-electron chi connectivity index (χ1n) is 8.00. The summed E-state index contributed by atoms with van der Waals surface area (Å²) in [5, 5.41) is 3.83. The summed E-state index contributed by atoms with van der Waals surface area (Å²) in [6.45, 7) is 7.24. The molecule has 3 aromatic rings. The van der Waals surface area contributed by atoms with Crippen LogP contribution in [0.2, 0.25) is 0 Å². The van der Waals surface area contributed by atoms with Gasteiger partial charge in [-0.25, -0.2) is 9.78 Å². The van der Waals surface area contributed by atoms with Crippen LogP contribution in [0.25, 0.3) is 5.65 Å². The van der Waals surface area contributed by atoms with E-state index in [-0.39, 0.29) is 18.1 Å². The number of carbonyl (C=O) groups excluding carboxylic acids is 1. The van der Waals surface area contributed by atoms with Gasteiger partial charge in [0.05, 0.1) is 11.4 Å². The van der Waals surface area contributed by atoms with E-state index in [0.717, 1.165) is 5.69 Å². The molecule has 0 saturated heterocycles. The number of hydrogen-bond acceptors (Lipinski definition) is 6. The van der Waals surface area contributed by atoms with Gasteiger partial charge in [-0.1, -0.05) is 25.1 Å². The average Bonchev–Trinajstić information content (AvgIpc) is 2.94. The number of aryl methyl sites for hydroxylation is 2. The molecular formula is C18H19N3O4. The van der Waals surface area contributed by atoms with Crippen molar-refractivity contribution in [3.63, 3.8) is 0 Å². The van der Waals surface area contributed by atoms with Crippen molar-refractivity contribution >= 4 is 11.6 Å². The van der Waals surface area contributed by atoms with E-state index in [9.17, 15) is 9.59 Å². The molecule has 0 aliphatic heterocycles. The molecule has 0 aliphatic carbocycles. The summed E-state index contributed by atoms with van der Waals surface area (Å²) in [6, 6.07) is 6.76. The van der Waals surface area contributed by atoms with Crippen LogP contribution in [-0.2, 0) is 11.3 Å². The topological polar surface area (TPSA) is 86.7 Å². The Labute approximate surface area is 144 Å². The molecule has 0 aliphatic rings. The predicted octanol–water partition coefficient (Wildman–Crippen LogP) is 2.78. The van der Waals surface area contributed by atoms with Gasteiger partial charge in [0.1, 0.15) is 17.8 Å². The number of fused-ring (bicyclic) bond motifs is 1. The lowest BCUT2D eigenvalue weighted by molar-refractivity contribution is 0.0463. The molecule has 0 saturated carbocycles. The van der Waals surface area contributed by atoms with Crippen LogP contribution in [0, 0.1) is 13.8 Å². The van der Waals surface area contributed by atoms with E-state index in [1.54, 1.807) is 13.0 Å². The Morgan fingerprint density at radius 3 is 2.80 bits per heavy atom. The number of ether oxygens (including phenoxy) is 1. The Morgan fingerprint density at radius 2 is 2.08 bits per heavy atom. The van der Waals surface area contributed by atoms with Crippen molar-refractivity contribution in [1.29, 1.82) is 0 Å². The van der Waals surface area contributed by atoms with Crippen molar-refractivity contribution in [2.75, 3.05) is 0 Å². The van der Waals surface area contributed by atoms with E-state index in [0.29, 0.717) is 28.4 Å². The molecular weight excluding hydrogens is 322 g/mol. The maximum atomic E-state index is 12.4. The fraction of sp³-hybridized carbons (Fsp3) is 0.333.